The summed E-state index contributed by atoms with van der Waals surface area (Å²) in [5.74, 6) is 0. The number of benzene rings is 8. The summed E-state index contributed by atoms with van der Waals surface area (Å²) in [7, 11) is 0. The van der Waals surface area contributed by atoms with Gasteiger partial charge in [-0.25, -0.2) is 0 Å². The Hall–Kier alpha value is -6.78. The van der Waals surface area contributed by atoms with Crippen molar-refractivity contribution in [3.63, 3.8) is 0 Å². The van der Waals surface area contributed by atoms with E-state index in [1.807, 2.05) is 18.2 Å². The summed E-state index contributed by atoms with van der Waals surface area (Å²) in [6.45, 7) is 0. The van der Waals surface area contributed by atoms with E-state index in [9.17, 15) is 0 Å². The van der Waals surface area contributed by atoms with Crippen LogP contribution in [0.2, 0.25) is 0 Å². The van der Waals surface area contributed by atoms with Gasteiger partial charge in [0.25, 0.3) is 0 Å². The van der Waals surface area contributed by atoms with Gasteiger partial charge in [0.1, 0.15) is 22.3 Å². The third-order valence-electron chi connectivity index (χ3n) is 9.59. The van der Waals surface area contributed by atoms with E-state index < -0.39 is 0 Å². The number of furan rings is 2. The molecule has 8 aromatic carbocycles. The quantitative estimate of drug-likeness (QED) is 0.181. The fraction of sp³-hybridized carbons (Fsp3) is 0. The molecule has 4 nitrogen and oxygen atoms in total. The van der Waals surface area contributed by atoms with Gasteiger partial charge in [0.2, 0.25) is 0 Å². The summed E-state index contributed by atoms with van der Waals surface area (Å²) in [6, 6.07) is 63.6. The highest BCUT2D eigenvalue weighted by atomic mass is 16.3. The molecule has 0 aliphatic carbocycles. The molecule has 0 N–H and O–H groups in total. The zero-order chi connectivity index (χ0) is 33.0. The minimum Gasteiger partial charge on any atom is -0.456 e. The van der Waals surface area contributed by atoms with Gasteiger partial charge in [-0.2, -0.15) is 0 Å². The number of anilines is 6. The molecular formula is C46H30N2O2. The van der Waals surface area contributed by atoms with Gasteiger partial charge in [-0.1, -0.05) is 109 Å². The first-order valence-corrected chi connectivity index (χ1v) is 16.9. The van der Waals surface area contributed by atoms with Gasteiger partial charge in [-0.15, -0.1) is 0 Å². The molecule has 0 amide bonds. The largest absolute Gasteiger partial charge is 0.456 e. The average Bonchev–Trinajstić information content (AvgIpc) is 3.76. The van der Waals surface area contributed by atoms with Crippen molar-refractivity contribution >= 4 is 88.8 Å². The Morgan fingerprint density at radius 2 is 0.880 bits per heavy atom. The molecule has 0 spiro atoms. The van der Waals surface area contributed by atoms with E-state index in [0.717, 1.165) is 88.8 Å². The Morgan fingerprint density at radius 3 is 1.58 bits per heavy atom. The number of para-hydroxylation sites is 4. The van der Waals surface area contributed by atoms with Gasteiger partial charge in [-0.3, -0.25) is 0 Å². The van der Waals surface area contributed by atoms with Gasteiger partial charge in [-0.05, 0) is 72.1 Å². The number of nitrogens with zero attached hydrogens (tertiary/aromatic N) is 2. The Bertz CT molecular complexity index is 2780. The summed E-state index contributed by atoms with van der Waals surface area (Å²) < 4.78 is 13.4. The molecule has 2 aromatic heterocycles. The van der Waals surface area contributed by atoms with Crippen molar-refractivity contribution in [1.82, 2.24) is 0 Å². The van der Waals surface area contributed by atoms with Crippen LogP contribution < -0.4 is 9.80 Å². The van der Waals surface area contributed by atoms with Gasteiger partial charge in [0, 0.05) is 39.3 Å². The predicted molar refractivity (Wildman–Crippen MR) is 208 cm³/mol. The summed E-state index contributed by atoms with van der Waals surface area (Å²) in [4.78, 5) is 4.67. The van der Waals surface area contributed by atoms with Crippen LogP contribution in [0.3, 0.4) is 0 Å². The Kier molecular flexibility index (Phi) is 6.46. The Labute approximate surface area is 288 Å². The lowest BCUT2D eigenvalue weighted by atomic mass is 10.0. The van der Waals surface area contributed by atoms with Gasteiger partial charge in [0.05, 0.1) is 27.8 Å². The van der Waals surface area contributed by atoms with Gasteiger partial charge >= 0.3 is 0 Å². The van der Waals surface area contributed by atoms with Crippen LogP contribution in [-0.2, 0) is 0 Å². The number of rotatable bonds is 6. The summed E-state index contributed by atoms with van der Waals surface area (Å²) in [5.41, 5.74) is 9.56. The highest BCUT2D eigenvalue weighted by Crippen LogP contribution is 2.49. The van der Waals surface area contributed by atoms with Crippen molar-refractivity contribution in [1.29, 1.82) is 0 Å². The second-order valence-electron chi connectivity index (χ2n) is 12.5. The Morgan fingerprint density at radius 1 is 0.320 bits per heavy atom. The molecule has 10 aromatic rings. The van der Waals surface area contributed by atoms with Crippen molar-refractivity contribution in [3.05, 3.63) is 182 Å². The van der Waals surface area contributed by atoms with Crippen LogP contribution in [0.5, 0.6) is 0 Å². The van der Waals surface area contributed by atoms with Gasteiger partial charge in [0.15, 0.2) is 0 Å². The molecule has 0 saturated carbocycles. The predicted octanol–water partition coefficient (Wildman–Crippen LogP) is 13.6. The Balaban J connectivity index is 1.34. The second kappa shape index (κ2) is 11.4. The van der Waals surface area contributed by atoms with Crippen molar-refractivity contribution in [2.45, 2.75) is 0 Å². The third kappa shape index (κ3) is 4.46. The van der Waals surface area contributed by atoms with Crippen LogP contribution in [0.15, 0.2) is 191 Å². The molecule has 0 radical (unpaired) electrons. The van der Waals surface area contributed by atoms with E-state index in [2.05, 4.69) is 174 Å². The van der Waals surface area contributed by atoms with E-state index in [-0.39, 0.29) is 0 Å². The highest BCUT2D eigenvalue weighted by molar-refractivity contribution is 6.21. The maximum absolute atomic E-state index is 6.96. The average molecular weight is 643 g/mol. The first kappa shape index (κ1) is 28.3. The number of hydrogen-bond acceptors (Lipinski definition) is 4. The standard InChI is InChI=1S/C46H30N2O2/c1-4-16-32(17-5-1)47(33-18-6-2-7-19-33)40-29-35(30-43-45(40)38-28-27-31-15-10-11-22-36(31)46(38)50-43)48(34-20-8-3-9-21-34)39-24-14-26-42-44(39)37-23-12-13-25-41(37)49-42/h1-30H. The van der Waals surface area contributed by atoms with Crippen molar-refractivity contribution in [3.8, 4) is 0 Å². The molecule has 0 saturated heterocycles. The summed E-state index contributed by atoms with van der Waals surface area (Å²) in [6.07, 6.45) is 0. The van der Waals surface area contributed by atoms with Crippen LogP contribution in [0.1, 0.15) is 0 Å². The monoisotopic (exact) mass is 642 g/mol. The van der Waals surface area contributed by atoms with E-state index >= 15 is 0 Å². The molecule has 0 atom stereocenters. The molecule has 50 heavy (non-hydrogen) atoms. The molecule has 0 aliphatic rings. The van der Waals surface area contributed by atoms with E-state index in [0.29, 0.717) is 0 Å². The van der Waals surface area contributed by atoms with Crippen LogP contribution in [0.4, 0.5) is 34.1 Å². The fourth-order valence-electron chi connectivity index (χ4n) is 7.43. The first-order valence-electron chi connectivity index (χ1n) is 16.9. The normalized spacial score (nSPS) is 11.6. The minimum absolute atomic E-state index is 0.811. The maximum atomic E-state index is 6.96. The number of fused-ring (bicyclic) bond motifs is 8. The smallest absolute Gasteiger partial charge is 0.143 e. The zero-order valence-corrected chi connectivity index (χ0v) is 27.0. The van der Waals surface area contributed by atoms with Gasteiger partial charge < -0.3 is 18.6 Å². The highest BCUT2D eigenvalue weighted by Gasteiger charge is 2.25. The minimum atomic E-state index is 0.811. The molecule has 0 fully saturated rings. The fourth-order valence-corrected chi connectivity index (χ4v) is 7.43. The van der Waals surface area contributed by atoms with Crippen LogP contribution >= 0.6 is 0 Å². The summed E-state index contributed by atoms with van der Waals surface area (Å²) in [5, 5.41) is 6.51. The second-order valence-corrected chi connectivity index (χ2v) is 12.5. The molecule has 0 unspecified atom stereocenters. The zero-order valence-electron chi connectivity index (χ0n) is 27.0. The van der Waals surface area contributed by atoms with E-state index in [1.165, 1.54) is 0 Å². The molecule has 4 heteroatoms. The maximum Gasteiger partial charge on any atom is 0.143 e. The lowest BCUT2D eigenvalue weighted by molar-refractivity contribution is 0.669. The van der Waals surface area contributed by atoms with Crippen LogP contribution in [-0.4, -0.2) is 0 Å². The first-order chi connectivity index (χ1) is 24.8. The SMILES string of the molecule is c1ccc(N(c2cc(N(c3ccccc3)c3ccccc3)c3c(c2)oc2c4ccccc4ccc23)c2cccc3oc4ccccc4c23)cc1. The molecule has 10 rings (SSSR count). The van der Waals surface area contributed by atoms with Crippen LogP contribution in [0.25, 0.3) is 54.6 Å². The third-order valence-corrected chi connectivity index (χ3v) is 9.59. The van der Waals surface area contributed by atoms with Crippen molar-refractivity contribution in [2.24, 2.45) is 0 Å². The number of hydrogen-bond donors (Lipinski definition) is 0. The lowest BCUT2D eigenvalue weighted by Gasteiger charge is -2.30. The molecule has 2 heterocycles. The topological polar surface area (TPSA) is 32.8 Å². The van der Waals surface area contributed by atoms with Crippen molar-refractivity contribution < 1.29 is 8.83 Å². The molecule has 236 valence electrons. The summed E-state index contributed by atoms with van der Waals surface area (Å²) >= 11 is 0. The molecule has 0 bridgehead atoms. The molecular weight excluding hydrogens is 613 g/mol. The van der Waals surface area contributed by atoms with E-state index in [4.69, 9.17) is 8.83 Å². The lowest BCUT2D eigenvalue weighted by Crippen LogP contribution is -2.13. The van der Waals surface area contributed by atoms with Crippen molar-refractivity contribution in [2.75, 3.05) is 9.80 Å². The van der Waals surface area contributed by atoms with Crippen LogP contribution in [0, 0.1) is 0 Å². The molecule has 0 aliphatic heterocycles. The van der Waals surface area contributed by atoms with E-state index in [1.54, 1.807) is 0 Å².